The fourth-order valence-electron chi connectivity index (χ4n) is 2.01. The van der Waals surface area contributed by atoms with Crippen molar-refractivity contribution < 1.29 is 14.7 Å². The van der Waals surface area contributed by atoms with Crippen LogP contribution in [0.3, 0.4) is 0 Å². The van der Waals surface area contributed by atoms with Gasteiger partial charge in [0.1, 0.15) is 5.69 Å². The van der Waals surface area contributed by atoms with Gasteiger partial charge in [-0.2, -0.15) is 0 Å². The number of nitrogens with zero attached hydrogens (tertiary/aromatic N) is 1. The van der Waals surface area contributed by atoms with Gasteiger partial charge in [-0.05, 0) is 26.2 Å². The van der Waals surface area contributed by atoms with Crippen LogP contribution in [0, 0.1) is 6.92 Å². The highest BCUT2D eigenvalue weighted by Gasteiger charge is 2.40. The quantitative estimate of drug-likeness (QED) is 0.855. The second-order valence-electron chi connectivity index (χ2n) is 4.41. The molecule has 0 aromatic carbocycles. The zero-order valence-electron chi connectivity index (χ0n) is 9.52. The Hall–Kier alpha value is -1.43. The molecule has 92 valence electrons. The van der Waals surface area contributed by atoms with Gasteiger partial charge in [-0.1, -0.05) is 0 Å². The first-order valence-corrected chi connectivity index (χ1v) is 6.35. The van der Waals surface area contributed by atoms with E-state index in [1.807, 2.05) is 6.92 Å². The Kier molecular flexibility index (Phi) is 3.15. The average molecular weight is 254 g/mol. The number of aryl methyl sites for hydroxylation is 1. The van der Waals surface area contributed by atoms with E-state index < -0.39 is 11.5 Å². The Balaban J connectivity index is 2.04. The van der Waals surface area contributed by atoms with E-state index in [0.29, 0.717) is 5.69 Å². The molecule has 0 spiro atoms. The lowest BCUT2D eigenvalue weighted by Gasteiger charge is -2.41. The highest BCUT2D eigenvalue weighted by molar-refractivity contribution is 7.09. The molecule has 1 aliphatic carbocycles. The molecule has 2 rings (SSSR count). The standard InChI is InChI=1S/C11H14N2O3S/c1-7-12-8(6-17-7)10(16)13-11(3-2-4-11)5-9(14)15/h6H,2-5H2,1H3,(H,13,16)(H,14,15). The summed E-state index contributed by atoms with van der Waals surface area (Å²) in [4.78, 5) is 26.7. The minimum Gasteiger partial charge on any atom is -0.481 e. The minimum absolute atomic E-state index is 0.0120. The Morgan fingerprint density at radius 1 is 1.59 bits per heavy atom. The number of rotatable bonds is 4. The van der Waals surface area contributed by atoms with Crippen LogP contribution in [0.25, 0.3) is 0 Å². The van der Waals surface area contributed by atoms with E-state index in [-0.39, 0.29) is 12.3 Å². The maximum Gasteiger partial charge on any atom is 0.305 e. The van der Waals surface area contributed by atoms with Crippen LogP contribution in [0.2, 0.25) is 0 Å². The second-order valence-corrected chi connectivity index (χ2v) is 5.47. The fourth-order valence-corrected chi connectivity index (χ4v) is 2.60. The summed E-state index contributed by atoms with van der Waals surface area (Å²) < 4.78 is 0. The van der Waals surface area contributed by atoms with E-state index in [1.54, 1.807) is 5.38 Å². The summed E-state index contributed by atoms with van der Waals surface area (Å²) in [6.07, 6.45) is 2.41. The molecule has 0 unspecified atom stereocenters. The molecule has 0 bridgehead atoms. The largest absolute Gasteiger partial charge is 0.481 e. The van der Waals surface area contributed by atoms with Gasteiger partial charge in [0, 0.05) is 5.38 Å². The number of carboxylic acid groups (broad SMARTS) is 1. The molecule has 0 radical (unpaired) electrons. The van der Waals surface area contributed by atoms with Crippen LogP contribution in [0.1, 0.15) is 41.2 Å². The number of aliphatic carboxylic acids is 1. The van der Waals surface area contributed by atoms with Crippen molar-refractivity contribution in [1.29, 1.82) is 0 Å². The zero-order chi connectivity index (χ0) is 12.5. The minimum atomic E-state index is -0.876. The molecule has 1 fully saturated rings. The number of thiazole rings is 1. The molecule has 1 aliphatic rings. The number of carboxylic acids is 1. The van der Waals surface area contributed by atoms with Crippen molar-refractivity contribution in [2.45, 2.75) is 38.1 Å². The molecule has 1 aromatic rings. The van der Waals surface area contributed by atoms with Crippen molar-refractivity contribution >= 4 is 23.2 Å². The molecule has 1 heterocycles. The van der Waals surface area contributed by atoms with Crippen molar-refractivity contribution in [3.8, 4) is 0 Å². The van der Waals surface area contributed by atoms with Gasteiger partial charge in [0.25, 0.3) is 5.91 Å². The van der Waals surface area contributed by atoms with E-state index in [0.717, 1.165) is 24.3 Å². The van der Waals surface area contributed by atoms with Gasteiger partial charge in [-0.15, -0.1) is 11.3 Å². The molecule has 0 atom stereocenters. The molecule has 1 aromatic heterocycles. The normalized spacial score (nSPS) is 17.2. The monoisotopic (exact) mass is 254 g/mol. The molecular weight excluding hydrogens is 240 g/mol. The topological polar surface area (TPSA) is 79.3 Å². The summed E-state index contributed by atoms with van der Waals surface area (Å²) in [7, 11) is 0. The van der Waals surface area contributed by atoms with Crippen LogP contribution >= 0.6 is 11.3 Å². The molecule has 5 nitrogen and oxygen atoms in total. The van der Waals surface area contributed by atoms with E-state index in [4.69, 9.17) is 5.11 Å². The number of nitrogens with one attached hydrogen (secondary N) is 1. The van der Waals surface area contributed by atoms with Crippen LogP contribution in [0.15, 0.2) is 5.38 Å². The molecule has 6 heteroatoms. The molecule has 1 saturated carbocycles. The average Bonchev–Trinajstić information content (AvgIpc) is 2.60. The van der Waals surface area contributed by atoms with Gasteiger partial charge < -0.3 is 10.4 Å². The summed E-state index contributed by atoms with van der Waals surface area (Å²) in [5, 5.41) is 14.2. The van der Waals surface area contributed by atoms with Crippen molar-refractivity contribution in [2.75, 3.05) is 0 Å². The van der Waals surface area contributed by atoms with Crippen LogP contribution < -0.4 is 5.32 Å². The summed E-state index contributed by atoms with van der Waals surface area (Å²) in [6.45, 7) is 1.83. The zero-order valence-corrected chi connectivity index (χ0v) is 10.3. The summed E-state index contributed by atoms with van der Waals surface area (Å²) in [6, 6.07) is 0. The Morgan fingerprint density at radius 2 is 2.29 bits per heavy atom. The summed E-state index contributed by atoms with van der Waals surface area (Å²) in [5.74, 6) is -1.14. The van der Waals surface area contributed by atoms with Crippen LogP contribution in [0.4, 0.5) is 0 Å². The van der Waals surface area contributed by atoms with E-state index in [2.05, 4.69) is 10.3 Å². The first-order chi connectivity index (χ1) is 8.01. The molecule has 1 amide bonds. The van der Waals surface area contributed by atoms with Gasteiger partial charge in [0.15, 0.2) is 0 Å². The van der Waals surface area contributed by atoms with Crippen molar-refractivity contribution in [3.05, 3.63) is 16.1 Å². The summed E-state index contributed by atoms with van der Waals surface area (Å²) >= 11 is 1.41. The van der Waals surface area contributed by atoms with Crippen LogP contribution in [-0.4, -0.2) is 27.5 Å². The fraction of sp³-hybridized carbons (Fsp3) is 0.545. The first-order valence-electron chi connectivity index (χ1n) is 5.47. The molecule has 17 heavy (non-hydrogen) atoms. The lowest BCUT2D eigenvalue weighted by atomic mass is 9.74. The number of hydrogen-bond acceptors (Lipinski definition) is 4. The number of carbonyl (C=O) groups excluding carboxylic acids is 1. The highest BCUT2D eigenvalue weighted by Crippen LogP contribution is 2.35. The lowest BCUT2D eigenvalue weighted by Crippen LogP contribution is -2.54. The van der Waals surface area contributed by atoms with Gasteiger partial charge in [0.2, 0.25) is 0 Å². The maximum absolute atomic E-state index is 11.9. The smallest absolute Gasteiger partial charge is 0.305 e. The SMILES string of the molecule is Cc1nc(C(=O)NC2(CC(=O)O)CCC2)cs1. The van der Waals surface area contributed by atoms with Crippen molar-refractivity contribution in [1.82, 2.24) is 10.3 Å². The van der Waals surface area contributed by atoms with Crippen LogP contribution in [-0.2, 0) is 4.79 Å². The maximum atomic E-state index is 11.9. The van der Waals surface area contributed by atoms with Gasteiger partial charge >= 0.3 is 5.97 Å². The number of carbonyl (C=O) groups is 2. The van der Waals surface area contributed by atoms with E-state index in [9.17, 15) is 9.59 Å². The lowest BCUT2D eigenvalue weighted by molar-refractivity contribution is -0.139. The van der Waals surface area contributed by atoms with Gasteiger partial charge in [-0.25, -0.2) is 4.98 Å². The molecule has 0 saturated heterocycles. The molecule has 0 aliphatic heterocycles. The predicted octanol–water partition coefficient (Wildman–Crippen LogP) is 1.58. The number of amides is 1. The number of hydrogen-bond donors (Lipinski definition) is 2. The Bertz CT molecular complexity index is 451. The second kappa shape index (κ2) is 4.44. The van der Waals surface area contributed by atoms with Crippen LogP contribution in [0.5, 0.6) is 0 Å². The predicted molar refractivity (Wildman–Crippen MR) is 63.2 cm³/mol. The molecular formula is C11H14N2O3S. The van der Waals surface area contributed by atoms with E-state index in [1.165, 1.54) is 11.3 Å². The third-order valence-electron chi connectivity index (χ3n) is 3.03. The van der Waals surface area contributed by atoms with Gasteiger partial charge in [-0.3, -0.25) is 9.59 Å². The summed E-state index contributed by atoms with van der Waals surface area (Å²) in [5.41, 5.74) is -0.176. The highest BCUT2D eigenvalue weighted by atomic mass is 32.1. The van der Waals surface area contributed by atoms with Crippen molar-refractivity contribution in [3.63, 3.8) is 0 Å². The number of aromatic nitrogens is 1. The molecule has 2 N–H and O–H groups in total. The Labute approximate surface area is 103 Å². The first kappa shape index (κ1) is 12.0. The third kappa shape index (κ3) is 2.63. The third-order valence-corrected chi connectivity index (χ3v) is 3.80. The van der Waals surface area contributed by atoms with Crippen molar-refractivity contribution in [2.24, 2.45) is 0 Å². The van der Waals surface area contributed by atoms with Gasteiger partial charge in [0.05, 0.1) is 17.0 Å². The Morgan fingerprint density at radius 3 is 2.71 bits per heavy atom. The van der Waals surface area contributed by atoms with E-state index >= 15 is 0 Å².